The number of amides is 1. The van der Waals surface area contributed by atoms with E-state index in [-0.39, 0.29) is 23.7 Å². The summed E-state index contributed by atoms with van der Waals surface area (Å²) in [4.78, 5) is 31.3. The van der Waals surface area contributed by atoms with Crippen molar-refractivity contribution in [3.05, 3.63) is 47.5 Å². The lowest BCUT2D eigenvalue weighted by atomic mass is 10.2. The van der Waals surface area contributed by atoms with Crippen LogP contribution in [0, 0.1) is 6.92 Å². The maximum Gasteiger partial charge on any atom is 0.387 e. The average molecular weight is 381 g/mol. The molecule has 1 aromatic heterocycles. The second-order valence-electron chi connectivity index (χ2n) is 5.26. The van der Waals surface area contributed by atoms with E-state index < -0.39 is 25.1 Å². The van der Waals surface area contributed by atoms with Gasteiger partial charge in [0.15, 0.2) is 23.8 Å². The minimum absolute atomic E-state index is 0.00671. The lowest BCUT2D eigenvalue weighted by Crippen LogP contribution is -2.28. The lowest BCUT2D eigenvalue weighted by molar-refractivity contribution is -0.124. The lowest BCUT2D eigenvalue weighted by Gasteiger charge is -2.12. The van der Waals surface area contributed by atoms with Gasteiger partial charge in [0.25, 0.3) is 5.91 Å². The number of benzene rings is 1. The quantitative estimate of drug-likeness (QED) is 0.697. The second-order valence-corrected chi connectivity index (χ2v) is 5.26. The molecule has 0 spiro atoms. The summed E-state index contributed by atoms with van der Waals surface area (Å²) in [5.74, 6) is -1.33. The van der Waals surface area contributed by atoms with Gasteiger partial charge in [0, 0.05) is 12.7 Å². The normalized spacial score (nSPS) is 10.4. The number of aromatic nitrogens is 2. The van der Waals surface area contributed by atoms with E-state index in [9.17, 15) is 18.4 Å². The van der Waals surface area contributed by atoms with Crippen molar-refractivity contribution in [2.24, 2.45) is 0 Å². The summed E-state index contributed by atoms with van der Waals surface area (Å²) in [6.45, 7) is -1.68. The van der Waals surface area contributed by atoms with Gasteiger partial charge < -0.3 is 19.5 Å². The van der Waals surface area contributed by atoms with E-state index >= 15 is 0 Å². The van der Waals surface area contributed by atoms with Crippen molar-refractivity contribution in [1.82, 2.24) is 15.3 Å². The van der Waals surface area contributed by atoms with E-state index in [0.717, 1.165) is 0 Å². The number of methoxy groups -OCH3 is 1. The van der Waals surface area contributed by atoms with Crippen LogP contribution in [0.2, 0.25) is 0 Å². The number of halogens is 2. The fourth-order valence-corrected chi connectivity index (χ4v) is 1.97. The van der Waals surface area contributed by atoms with Crippen LogP contribution in [0.1, 0.15) is 21.7 Å². The van der Waals surface area contributed by atoms with Crippen LogP contribution in [-0.2, 0) is 16.1 Å². The van der Waals surface area contributed by atoms with Crippen molar-refractivity contribution < 1.29 is 32.6 Å². The Morgan fingerprint density at radius 3 is 2.59 bits per heavy atom. The second kappa shape index (κ2) is 9.41. The highest BCUT2D eigenvalue weighted by Crippen LogP contribution is 2.29. The topological polar surface area (TPSA) is 99.6 Å². The molecular formula is C17H17F2N3O5. The molecule has 2 aromatic rings. The van der Waals surface area contributed by atoms with Gasteiger partial charge in [-0.2, -0.15) is 8.78 Å². The number of hydrogen-bond acceptors (Lipinski definition) is 7. The number of rotatable bonds is 8. The van der Waals surface area contributed by atoms with Crippen LogP contribution in [-0.4, -0.2) is 42.2 Å². The Bertz CT molecular complexity index is 800. The molecule has 0 aliphatic rings. The van der Waals surface area contributed by atoms with E-state index in [4.69, 9.17) is 9.47 Å². The van der Waals surface area contributed by atoms with Gasteiger partial charge in [0.05, 0.1) is 19.0 Å². The van der Waals surface area contributed by atoms with E-state index in [1.54, 1.807) is 6.92 Å². The Hall–Kier alpha value is -3.30. The third kappa shape index (κ3) is 6.17. The van der Waals surface area contributed by atoms with Crippen LogP contribution in [0.15, 0.2) is 30.6 Å². The standard InChI is InChI=1S/C17H17F2N3O5/c1-10-6-21-12(8-20-10)16(24)26-9-15(23)22-7-11-3-4-13(27-17(18)19)14(5-11)25-2/h3-6,8,17H,7,9H2,1-2H3,(H,22,23). The van der Waals surface area contributed by atoms with Crippen molar-refractivity contribution in [1.29, 1.82) is 0 Å². The highest BCUT2D eigenvalue weighted by atomic mass is 19.3. The molecule has 0 aliphatic carbocycles. The number of carbonyl (C=O) groups excluding carboxylic acids is 2. The van der Waals surface area contributed by atoms with E-state index in [1.165, 1.54) is 37.7 Å². The van der Waals surface area contributed by atoms with Crippen LogP contribution in [0.25, 0.3) is 0 Å². The largest absolute Gasteiger partial charge is 0.493 e. The smallest absolute Gasteiger partial charge is 0.387 e. The first-order chi connectivity index (χ1) is 12.9. The number of aryl methyl sites for hydroxylation is 1. The van der Waals surface area contributed by atoms with Gasteiger partial charge >= 0.3 is 12.6 Å². The molecule has 0 bridgehead atoms. The summed E-state index contributed by atoms with van der Waals surface area (Å²) in [7, 11) is 1.31. The van der Waals surface area contributed by atoms with Crippen molar-refractivity contribution in [3.63, 3.8) is 0 Å². The molecule has 27 heavy (non-hydrogen) atoms. The van der Waals surface area contributed by atoms with Crippen LogP contribution in [0.4, 0.5) is 8.78 Å². The first-order valence-electron chi connectivity index (χ1n) is 7.73. The molecule has 1 N–H and O–H groups in total. The fraction of sp³-hybridized carbons (Fsp3) is 0.294. The monoisotopic (exact) mass is 381 g/mol. The molecule has 0 saturated heterocycles. The Labute approximate surface area is 153 Å². The van der Waals surface area contributed by atoms with Crippen LogP contribution in [0.5, 0.6) is 11.5 Å². The van der Waals surface area contributed by atoms with E-state index in [0.29, 0.717) is 11.3 Å². The number of alkyl halides is 2. The van der Waals surface area contributed by atoms with Gasteiger partial charge in [-0.3, -0.25) is 9.78 Å². The molecule has 1 heterocycles. The molecule has 144 valence electrons. The van der Waals surface area contributed by atoms with Gasteiger partial charge in [-0.05, 0) is 24.6 Å². The number of nitrogens with zero attached hydrogens (tertiary/aromatic N) is 2. The molecule has 0 saturated carbocycles. The number of hydrogen-bond donors (Lipinski definition) is 1. The molecule has 0 atom stereocenters. The predicted octanol–water partition coefficient (Wildman–Crippen LogP) is 1.87. The molecule has 0 unspecified atom stereocenters. The third-order valence-corrected chi connectivity index (χ3v) is 3.26. The highest BCUT2D eigenvalue weighted by Gasteiger charge is 2.13. The van der Waals surface area contributed by atoms with Crippen LogP contribution in [0.3, 0.4) is 0 Å². The van der Waals surface area contributed by atoms with Gasteiger partial charge in [-0.15, -0.1) is 0 Å². The molecule has 0 aliphatic heterocycles. The molecular weight excluding hydrogens is 364 g/mol. The summed E-state index contributed by atoms with van der Waals surface area (Å²) < 4.78 is 38.7. The zero-order valence-electron chi connectivity index (χ0n) is 14.6. The predicted molar refractivity (Wildman–Crippen MR) is 88.5 cm³/mol. The maximum absolute atomic E-state index is 12.3. The Morgan fingerprint density at radius 2 is 1.96 bits per heavy atom. The summed E-state index contributed by atoms with van der Waals surface area (Å²) >= 11 is 0. The minimum Gasteiger partial charge on any atom is -0.493 e. The molecule has 2 rings (SSSR count). The first kappa shape index (κ1) is 20.0. The molecule has 10 heteroatoms. The van der Waals surface area contributed by atoms with Crippen molar-refractivity contribution >= 4 is 11.9 Å². The van der Waals surface area contributed by atoms with Crippen molar-refractivity contribution in [2.75, 3.05) is 13.7 Å². The Balaban J connectivity index is 1.84. The third-order valence-electron chi connectivity index (χ3n) is 3.26. The van der Waals surface area contributed by atoms with Crippen molar-refractivity contribution in [2.45, 2.75) is 20.1 Å². The molecule has 0 fully saturated rings. The molecule has 8 nitrogen and oxygen atoms in total. The van der Waals surface area contributed by atoms with Crippen molar-refractivity contribution in [3.8, 4) is 11.5 Å². The Morgan fingerprint density at radius 1 is 1.19 bits per heavy atom. The molecule has 1 amide bonds. The zero-order valence-corrected chi connectivity index (χ0v) is 14.6. The number of carbonyl (C=O) groups is 2. The summed E-state index contributed by atoms with van der Waals surface area (Å²) in [6, 6.07) is 4.25. The highest BCUT2D eigenvalue weighted by molar-refractivity contribution is 5.89. The van der Waals surface area contributed by atoms with Gasteiger partial charge in [-0.25, -0.2) is 9.78 Å². The summed E-state index contributed by atoms with van der Waals surface area (Å²) in [5.41, 5.74) is 1.22. The number of ether oxygens (including phenoxy) is 3. The minimum atomic E-state index is -2.97. The van der Waals surface area contributed by atoms with Gasteiger partial charge in [0.1, 0.15) is 0 Å². The average Bonchev–Trinajstić information content (AvgIpc) is 2.65. The van der Waals surface area contributed by atoms with E-state index in [2.05, 4.69) is 20.0 Å². The Kier molecular flexibility index (Phi) is 6.98. The van der Waals surface area contributed by atoms with Gasteiger partial charge in [-0.1, -0.05) is 6.07 Å². The molecule has 1 aromatic carbocycles. The van der Waals surface area contributed by atoms with Gasteiger partial charge in [0.2, 0.25) is 0 Å². The summed E-state index contributed by atoms with van der Waals surface area (Å²) in [5, 5.41) is 2.53. The van der Waals surface area contributed by atoms with Crippen LogP contribution >= 0.6 is 0 Å². The number of esters is 1. The van der Waals surface area contributed by atoms with Crippen LogP contribution < -0.4 is 14.8 Å². The summed E-state index contributed by atoms with van der Waals surface area (Å²) in [6.07, 6.45) is 2.66. The maximum atomic E-state index is 12.3. The SMILES string of the molecule is COc1cc(CNC(=O)COC(=O)c2cnc(C)cn2)ccc1OC(F)F. The fourth-order valence-electron chi connectivity index (χ4n) is 1.97. The molecule has 0 radical (unpaired) electrons. The number of nitrogens with one attached hydrogen (secondary N) is 1. The first-order valence-corrected chi connectivity index (χ1v) is 7.73. The zero-order chi connectivity index (χ0) is 19.8. The van der Waals surface area contributed by atoms with E-state index in [1.807, 2.05) is 0 Å².